The summed E-state index contributed by atoms with van der Waals surface area (Å²) in [5.41, 5.74) is 0.0523. The predicted octanol–water partition coefficient (Wildman–Crippen LogP) is 1.18. The normalized spacial score (nSPS) is 10.5. The lowest BCUT2D eigenvalue weighted by Gasteiger charge is -2.02. The molecular formula is C9H16N4O2. The number of aryl methyl sites for hydroxylation is 1. The highest BCUT2D eigenvalue weighted by atomic mass is 16.6. The van der Waals surface area contributed by atoms with E-state index >= 15 is 0 Å². The van der Waals surface area contributed by atoms with Crippen molar-refractivity contribution in [3.63, 3.8) is 0 Å². The van der Waals surface area contributed by atoms with Gasteiger partial charge in [0, 0.05) is 6.54 Å². The van der Waals surface area contributed by atoms with Crippen molar-refractivity contribution in [2.24, 2.45) is 0 Å². The van der Waals surface area contributed by atoms with Crippen molar-refractivity contribution in [3.8, 4) is 0 Å². The maximum Gasteiger partial charge on any atom is 0.306 e. The Bertz CT molecular complexity index is 311. The Labute approximate surface area is 88.4 Å². The minimum Gasteiger partial charge on any atom is -0.317 e. The van der Waals surface area contributed by atoms with Crippen LogP contribution in [0, 0.1) is 10.1 Å². The van der Waals surface area contributed by atoms with Crippen LogP contribution in [0.25, 0.3) is 0 Å². The molecule has 15 heavy (non-hydrogen) atoms. The van der Waals surface area contributed by atoms with Gasteiger partial charge in [-0.3, -0.25) is 14.8 Å². The molecule has 84 valence electrons. The van der Waals surface area contributed by atoms with Gasteiger partial charge in [0.25, 0.3) is 0 Å². The Hall–Kier alpha value is -1.43. The molecule has 0 aliphatic rings. The van der Waals surface area contributed by atoms with Gasteiger partial charge >= 0.3 is 5.69 Å². The first-order valence-electron chi connectivity index (χ1n) is 5.11. The maximum atomic E-state index is 10.4. The zero-order chi connectivity index (χ0) is 11.1. The SMILES string of the molecule is CCCNCCCn1cc([N+](=O)[O-])cn1. The quantitative estimate of drug-likeness (QED) is 0.418. The van der Waals surface area contributed by atoms with E-state index in [0.29, 0.717) is 6.54 Å². The molecule has 0 amide bonds. The Kier molecular flexibility index (Phi) is 4.76. The van der Waals surface area contributed by atoms with Crippen molar-refractivity contribution in [3.05, 3.63) is 22.5 Å². The van der Waals surface area contributed by atoms with Crippen LogP contribution in [0.2, 0.25) is 0 Å². The highest BCUT2D eigenvalue weighted by Crippen LogP contribution is 2.07. The molecule has 1 N–H and O–H groups in total. The molecule has 0 atom stereocenters. The molecule has 0 aliphatic heterocycles. The standard InChI is InChI=1S/C9H16N4O2/c1-2-4-10-5-3-6-12-8-9(7-11-12)13(14)15/h7-8,10H,2-6H2,1H3. The number of aromatic nitrogens is 2. The Balaban J connectivity index is 2.23. The fourth-order valence-corrected chi connectivity index (χ4v) is 1.24. The maximum absolute atomic E-state index is 10.4. The molecule has 0 fully saturated rings. The number of hydrogen-bond acceptors (Lipinski definition) is 4. The summed E-state index contributed by atoms with van der Waals surface area (Å²) in [5.74, 6) is 0. The third kappa shape index (κ3) is 4.07. The van der Waals surface area contributed by atoms with Gasteiger partial charge in [0.2, 0.25) is 0 Å². The van der Waals surface area contributed by atoms with Crippen molar-refractivity contribution in [1.29, 1.82) is 0 Å². The molecule has 0 saturated carbocycles. The second kappa shape index (κ2) is 6.13. The summed E-state index contributed by atoms with van der Waals surface area (Å²) in [4.78, 5) is 9.94. The summed E-state index contributed by atoms with van der Waals surface area (Å²) >= 11 is 0. The number of nitrogens with one attached hydrogen (secondary N) is 1. The van der Waals surface area contributed by atoms with Crippen molar-refractivity contribution >= 4 is 5.69 Å². The average Bonchev–Trinajstić information content (AvgIpc) is 2.66. The summed E-state index contributed by atoms with van der Waals surface area (Å²) in [6.45, 7) is 4.76. The van der Waals surface area contributed by atoms with E-state index in [1.807, 2.05) is 0 Å². The van der Waals surface area contributed by atoms with Gasteiger partial charge in [-0.05, 0) is 25.9 Å². The Morgan fingerprint density at radius 3 is 3.00 bits per heavy atom. The van der Waals surface area contributed by atoms with Gasteiger partial charge in [0.05, 0.1) is 4.92 Å². The lowest BCUT2D eigenvalue weighted by Crippen LogP contribution is -2.17. The third-order valence-electron chi connectivity index (χ3n) is 2.00. The van der Waals surface area contributed by atoms with E-state index in [-0.39, 0.29) is 5.69 Å². The highest BCUT2D eigenvalue weighted by molar-refractivity contribution is 5.20. The first-order valence-corrected chi connectivity index (χ1v) is 5.11. The molecule has 1 rings (SSSR count). The largest absolute Gasteiger partial charge is 0.317 e. The fraction of sp³-hybridized carbons (Fsp3) is 0.667. The van der Waals surface area contributed by atoms with Gasteiger partial charge in [0.1, 0.15) is 12.4 Å². The molecule has 1 aromatic rings. The molecule has 0 radical (unpaired) electrons. The number of nitro groups is 1. The van der Waals surface area contributed by atoms with Gasteiger partial charge in [-0.2, -0.15) is 5.10 Å². The van der Waals surface area contributed by atoms with E-state index in [2.05, 4.69) is 17.3 Å². The summed E-state index contributed by atoms with van der Waals surface area (Å²) < 4.78 is 1.60. The van der Waals surface area contributed by atoms with E-state index in [1.165, 1.54) is 12.4 Å². The number of nitrogens with zero attached hydrogens (tertiary/aromatic N) is 3. The third-order valence-corrected chi connectivity index (χ3v) is 2.00. The molecule has 6 heteroatoms. The molecule has 0 bridgehead atoms. The molecule has 1 heterocycles. The average molecular weight is 212 g/mol. The summed E-state index contributed by atoms with van der Waals surface area (Å²) in [6.07, 6.45) is 4.78. The van der Waals surface area contributed by atoms with E-state index in [9.17, 15) is 10.1 Å². The van der Waals surface area contributed by atoms with Gasteiger partial charge < -0.3 is 5.32 Å². The van der Waals surface area contributed by atoms with Gasteiger partial charge in [-0.25, -0.2) is 0 Å². The first kappa shape index (κ1) is 11.6. The van der Waals surface area contributed by atoms with E-state index < -0.39 is 4.92 Å². The molecular weight excluding hydrogens is 196 g/mol. The van der Waals surface area contributed by atoms with Crippen LogP contribution in [0.3, 0.4) is 0 Å². The van der Waals surface area contributed by atoms with Gasteiger partial charge in [-0.15, -0.1) is 0 Å². The predicted molar refractivity (Wildman–Crippen MR) is 56.7 cm³/mol. The van der Waals surface area contributed by atoms with Crippen molar-refractivity contribution in [1.82, 2.24) is 15.1 Å². The minimum atomic E-state index is -0.432. The van der Waals surface area contributed by atoms with Crippen LogP contribution in [0.5, 0.6) is 0 Å². The second-order valence-corrected chi connectivity index (χ2v) is 3.32. The first-order chi connectivity index (χ1) is 7.24. The zero-order valence-corrected chi connectivity index (χ0v) is 8.85. The smallest absolute Gasteiger partial charge is 0.306 e. The molecule has 6 nitrogen and oxygen atoms in total. The Morgan fingerprint density at radius 2 is 2.40 bits per heavy atom. The van der Waals surface area contributed by atoms with Crippen LogP contribution in [0.1, 0.15) is 19.8 Å². The lowest BCUT2D eigenvalue weighted by molar-refractivity contribution is -0.385. The van der Waals surface area contributed by atoms with Crippen LogP contribution in [-0.4, -0.2) is 27.8 Å². The van der Waals surface area contributed by atoms with Crippen molar-refractivity contribution in [2.75, 3.05) is 13.1 Å². The van der Waals surface area contributed by atoms with Crippen LogP contribution in [0.4, 0.5) is 5.69 Å². The molecule has 0 aromatic carbocycles. The van der Waals surface area contributed by atoms with Crippen LogP contribution < -0.4 is 5.32 Å². The van der Waals surface area contributed by atoms with E-state index in [4.69, 9.17) is 0 Å². The number of hydrogen-bond donors (Lipinski definition) is 1. The molecule has 0 saturated heterocycles. The van der Waals surface area contributed by atoms with Crippen LogP contribution >= 0.6 is 0 Å². The van der Waals surface area contributed by atoms with E-state index in [0.717, 1.165) is 25.9 Å². The van der Waals surface area contributed by atoms with Crippen LogP contribution in [0.15, 0.2) is 12.4 Å². The number of rotatable bonds is 7. The topological polar surface area (TPSA) is 73.0 Å². The molecule has 0 unspecified atom stereocenters. The minimum absolute atomic E-state index is 0.0523. The van der Waals surface area contributed by atoms with E-state index in [1.54, 1.807) is 4.68 Å². The molecule has 1 aromatic heterocycles. The zero-order valence-electron chi connectivity index (χ0n) is 8.85. The molecule has 0 aliphatic carbocycles. The Morgan fingerprint density at radius 1 is 1.60 bits per heavy atom. The van der Waals surface area contributed by atoms with Gasteiger partial charge in [-0.1, -0.05) is 6.92 Å². The fourth-order valence-electron chi connectivity index (χ4n) is 1.24. The van der Waals surface area contributed by atoms with Crippen molar-refractivity contribution < 1.29 is 4.92 Å². The van der Waals surface area contributed by atoms with Gasteiger partial charge in [0.15, 0.2) is 0 Å². The highest BCUT2D eigenvalue weighted by Gasteiger charge is 2.07. The summed E-state index contributed by atoms with van der Waals surface area (Å²) in [6, 6.07) is 0. The summed E-state index contributed by atoms with van der Waals surface area (Å²) in [5, 5.41) is 17.5. The van der Waals surface area contributed by atoms with Crippen LogP contribution in [-0.2, 0) is 6.54 Å². The second-order valence-electron chi connectivity index (χ2n) is 3.32. The molecule has 0 spiro atoms. The summed E-state index contributed by atoms with van der Waals surface area (Å²) in [7, 11) is 0. The van der Waals surface area contributed by atoms with Crippen molar-refractivity contribution in [2.45, 2.75) is 26.3 Å². The monoisotopic (exact) mass is 212 g/mol. The lowest BCUT2D eigenvalue weighted by atomic mass is 10.4.